The van der Waals surface area contributed by atoms with Crippen molar-refractivity contribution in [3.63, 3.8) is 0 Å². The van der Waals surface area contributed by atoms with E-state index in [1.807, 2.05) is 52.7 Å². The molecule has 1 aliphatic heterocycles. The van der Waals surface area contributed by atoms with Crippen LogP contribution in [0.5, 0.6) is 0 Å². The molecule has 0 saturated carbocycles. The van der Waals surface area contributed by atoms with Crippen molar-refractivity contribution in [1.82, 2.24) is 20.1 Å². The van der Waals surface area contributed by atoms with Crippen LogP contribution in [-0.4, -0.2) is 39.1 Å². The molecule has 1 aliphatic rings. The lowest BCUT2D eigenvalue weighted by Crippen LogP contribution is -2.38. The van der Waals surface area contributed by atoms with Gasteiger partial charge in [-0.2, -0.15) is 5.10 Å². The minimum atomic E-state index is 0.225. The fourth-order valence-corrected chi connectivity index (χ4v) is 3.95. The molecule has 0 bridgehead atoms. The van der Waals surface area contributed by atoms with Gasteiger partial charge in [0.2, 0.25) is 5.91 Å². The third kappa shape index (κ3) is 3.64. The van der Waals surface area contributed by atoms with Gasteiger partial charge < -0.3 is 4.90 Å². The highest BCUT2D eigenvalue weighted by Crippen LogP contribution is 2.27. The number of thiophene rings is 1. The Hall–Kier alpha value is -2.47. The fourth-order valence-electron chi connectivity index (χ4n) is 3.25. The Balaban J connectivity index is 1.36. The second-order valence-electron chi connectivity index (χ2n) is 6.32. The molecule has 4 rings (SSSR count). The first-order chi connectivity index (χ1) is 12.3. The smallest absolute Gasteiger partial charge is 0.227 e. The molecule has 0 radical (unpaired) electrons. The van der Waals surface area contributed by atoms with Crippen LogP contribution >= 0.6 is 11.3 Å². The summed E-state index contributed by atoms with van der Waals surface area (Å²) in [5.74, 6) is 2.25. The number of benzene rings is 1. The Labute approximate surface area is 150 Å². The van der Waals surface area contributed by atoms with E-state index in [2.05, 4.69) is 15.2 Å². The van der Waals surface area contributed by atoms with Crippen molar-refractivity contribution in [2.24, 2.45) is 0 Å². The SMILES string of the molecule is O=C(Cc1cccs1)N1CCC(c2nc(-c3ccccc3)n[nH]2)CC1. The number of rotatable bonds is 4. The number of carbonyl (C=O) groups is 1. The number of hydrogen-bond donors (Lipinski definition) is 1. The minimum Gasteiger partial charge on any atom is -0.342 e. The van der Waals surface area contributed by atoms with Crippen molar-refractivity contribution in [2.75, 3.05) is 13.1 Å². The van der Waals surface area contributed by atoms with Crippen LogP contribution < -0.4 is 0 Å². The molecule has 0 spiro atoms. The monoisotopic (exact) mass is 352 g/mol. The van der Waals surface area contributed by atoms with E-state index in [0.29, 0.717) is 12.3 Å². The molecular formula is C19H20N4OS. The van der Waals surface area contributed by atoms with Crippen LogP contribution in [0.2, 0.25) is 0 Å². The van der Waals surface area contributed by atoms with Crippen molar-refractivity contribution in [3.05, 3.63) is 58.5 Å². The number of nitrogens with zero attached hydrogens (tertiary/aromatic N) is 3. The Morgan fingerprint density at radius 1 is 1.16 bits per heavy atom. The largest absolute Gasteiger partial charge is 0.342 e. The number of likely N-dealkylation sites (tertiary alicyclic amines) is 1. The van der Waals surface area contributed by atoms with E-state index in [9.17, 15) is 4.79 Å². The van der Waals surface area contributed by atoms with Gasteiger partial charge >= 0.3 is 0 Å². The number of H-pyrrole nitrogens is 1. The molecule has 2 aromatic heterocycles. The summed E-state index contributed by atoms with van der Waals surface area (Å²) in [6.07, 6.45) is 2.38. The molecule has 0 unspecified atom stereocenters. The molecule has 25 heavy (non-hydrogen) atoms. The zero-order chi connectivity index (χ0) is 17.1. The summed E-state index contributed by atoms with van der Waals surface area (Å²) < 4.78 is 0. The van der Waals surface area contributed by atoms with E-state index >= 15 is 0 Å². The van der Waals surface area contributed by atoms with Gasteiger partial charge in [-0.05, 0) is 24.3 Å². The van der Waals surface area contributed by atoms with Crippen molar-refractivity contribution in [3.8, 4) is 11.4 Å². The van der Waals surface area contributed by atoms with E-state index in [1.54, 1.807) is 11.3 Å². The van der Waals surface area contributed by atoms with E-state index in [-0.39, 0.29) is 5.91 Å². The van der Waals surface area contributed by atoms with E-state index in [1.165, 1.54) is 0 Å². The highest BCUT2D eigenvalue weighted by Gasteiger charge is 2.26. The summed E-state index contributed by atoms with van der Waals surface area (Å²) in [6.45, 7) is 1.58. The fraction of sp³-hybridized carbons (Fsp3) is 0.316. The predicted molar refractivity (Wildman–Crippen MR) is 98.4 cm³/mol. The molecule has 1 fully saturated rings. The van der Waals surface area contributed by atoms with E-state index in [0.717, 1.165) is 48.0 Å². The van der Waals surface area contributed by atoms with Crippen molar-refractivity contribution in [1.29, 1.82) is 0 Å². The van der Waals surface area contributed by atoms with Crippen LogP contribution in [-0.2, 0) is 11.2 Å². The molecule has 128 valence electrons. The lowest BCUT2D eigenvalue weighted by atomic mass is 9.96. The third-order valence-electron chi connectivity index (χ3n) is 4.67. The molecule has 5 nitrogen and oxygen atoms in total. The summed E-state index contributed by atoms with van der Waals surface area (Å²) in [7, 11) is 0. The maximum atomic E-state index is 12.4. The van der Waals surface area contributed by atoms with Gasteiger partial charge in [0.15, 0.2) is 5.82 Å². The lowest BCUT2D eigenvalue weighted by Gasteiger charge is -2.31. The van der Waals surface area contributed by atoms with Gasteiger partial charge in [0.25, 0.3) is 0 Å². The maximum absolute atomic E-state index is 12.4. The van der Waals surface area contributed by atoms with Crippen molar-refractivity contribution < 1.29 is 4.79 Å². The highest BCUT2D eigenvalue weighted by atomic mass is 32.1. The zero-order valence-electron chi connectivity index (χ0n) is 13.9. The van der Waals surface area contributed by atoms with Crippen LogP contribution in [0.3, 0.4) is 0 Å². The highest BCUT2D eigenvalue weighted by molar-refractivity contribution is 7.10. The first kappa shape index (κ1) is 16.0. The normalized spacial score (nSPS) is 15.4. The average Bonchev–Trinajstić information content (AvgIpc) is 3.34. The summed E-state index contributed by atoms with van der Waals surface area (Å²) in [5.41, 5.74) is 1.02. The molecule has 1 aromatic carbocycles. The second-order valence-corrected chi connectivity index (χ2v) is 7.35. The summed E-state index contributed by atoms with van der Waals surface area (Å²) in [6, 6.07) is 14.0. The van der Waals surface area contributed by atoms with E-state index in [4.69, 9.17) is 0 Å². The molecule has 1 amide bonds. The third-order valence-corrected chi connectivity index (χ3v) is 5.55. The lowest BCUT2D eigenvalue weighted by molar-refractivity contribution is -0.131. The van der Waals surface area contributed by atoms with Crippen LogP contribution in [0.1, 0.15) is 29.5 Å². The Kier molecular flexibility index (Phi) is 4.61. The summed E-state index contributed by atoms with van der Waals surface area (Å²) >= 11 is 1.64. The van der Waals surface area contributed by atoms with Crippen LogP contribution in [0.4, 0.5) is 0 Å². The first-order valence-corrected chi connectivity index (χ1v) is 9.45. The number of carbonyl (C=O) groups excluding carboxylic acids is 1. The molecule has 3 heterocycles. The number of aromatic nitrogens is 3. The second kappa shape index (κ2) is 7.19. The molecule has 0 atom stereocenters. The Morgan fingerprint density at radius 2 is 1.96 bits per heavy atom. The average molecular weight is 352 g/mol. The molecule has 3 aromatic rings. The van der Waals surface area contributed by atoms with Gasteiger partial charge in [0.1, 0.15) is 5.82 Å². The zero-order valence-corrected chi connectivity index (χ0v) is 14.7. The maximum Gasteiger partial charge on any atom is 0.227 e. The molecular weight excluding hydrogens is 332 g/mol. The Morgan fingerprint density at radius 3 is 2.68 bits per heavy atom. The number of hydrogen-bond acceptors (Lipinski definition) is 4. The topological polar surface area (TPSA) is 61.9 Å². The summed E-state index contributed by atoms with van der Waals surface area (Å²) in [5, 5.41) is 9.46. The number of piperidine rings is 1. The first-order valence-electron chi connectivity index (χ1n) is 8.57. The number of aromatic amines is 1. The number of amides is 1. The molecule has 1 saturated heterocycles. The van der Waals surface area contributed by atoms with Crippen LogP contribution in [0, 0.1) is 0 Å². The molecule has 1 N–H and O–H groups in total. The summed E-state index contributed by atoms with van der Waals surface area (Å²) in [4.78, 5) is 20.2. The molecule has 6 heteroatoms. The van der Waals surface area contributed by atoms with Crippen LogP contribution in [0.15, 0.2) is 47.8 Å². The van der Waals surface area contributed by atoms with Gasteiger partial charge in [-0.3, -0.25) is 9.89 Å². The molecule has 0 aliphatic carbocycles. The van der Waals surface area contributed by atoms with Crippen molar-refractivity contribution in [2.45, 2.75) is 25.2 Å². The number of nitrogens with one attached hydrogen (secondary N) is 1. The predicted octanol–water partition coefficient (Wildman–Crippen LogP) is 3.48. The quantitative estimate of drug-likeness (QED) is 0.782. The van der Waals surface area contributed by atoms with E-state index < -0.39 is 0 Å². The van der Waals surface area contributed by atoms with Crippen molar-refractivity contribution >= 4 is 17.2 Å². The van der Waals surface area contributed by atoms with Gasteiger partial charge in [0.05, 0.1) is 6.42 Å². The van der Waals surface area contributed by atoms with Gasteiger partial charge in [-0.15, -0.1) is 11.3 Å². The van der Waals surface area contributed by atoms with Gasteiger partial charge in [-0.1, -0.05) is 36.4 Å². The van der Waals surface area contributed by atoms with Crippen LogP contribution in [0.25, 0.3) is 11.4 Å². The van der Waals surface area contributed by atoms with Gasteiger partial charge in [0, 0.05) is 29.4 Å². The minimum absolute atomic E-state index is 0.225. The standard InChI is InChI=1S/C19H20N4OS/c24-17(13-16-7-4-12-25-16)23-10-8-15(9-11-23)19-20-18(21-22-19)14-5-2-1-3-6-14/h1-7,12,15H,8-11,13H2,(H,20,21,22). The Bertz CT molecular complexity index is 820. The van der Waals surface area contributed by atoms with Gasteiger partial charge in [-0.25, -0.2) is 4.98 Å².